The molecule has 1 aromatic heterocycles. The van der Waals surface area contributed by atoms with Crippen molar-refractivity contribution in [3.05, 3.63) is 36.5 Å². The van der Waals surface area contributed by atoms with Gasteiger partial charge in [0.25, 0.3) is 0 Å². The summed E-state index contributed by atoms with van der Waals surface area (Å²) in [6.45, 7) is 0. The van der Waals surface area contributed by atoms with E-state index in [1.165, 1.54) is 7.11 Å². The zero-order valence-corrected chi connectivity index (χ0v) is 12.4. The number of pyridine rings is 1. The minimum absolute atomic E-state index is 0.0779. The van der Waals surface area contributed by atoms with Crippen molar-refractivity contribution in [1.29, 1.82) is 0 Å². The van der Waals surface area contributed by atoms with Gasteiger partial charge in [0.1, 0.15) is 0 Å². The molecule has 0 aliphatic rings. The maximum Gasteiger partial charge on any atom is 0.305 e. The summed E-state index contributed by atoms with van der Waals surface area (Å²) < 4.78 is 31.1. The molecule has 2 aromatic rings. The van der Waals surface area contributed by atoms with Crippen molar-refractivity contribution in [2.75, 3.05) is 17.6 Å². The number of hydrogen-bond acceptors (Lipinski definition) is 5. The van der Waals surface area contributed by atoms with E-state index in [2.05, 4.69) is 14.4 Å². The first-order valence-electron chi connectivity index (χ1n) is 6.43. The topological polar surface area (TPSA) is 85.4 Å². The van der Waals surface area contributed by atoms with Crippen LogP contribution >= 0.6 is 0 Å². The molecule has 1 N–H and O–H groups in total. The van der Waals surface area contributed by atoms with Crippen LogP contribution in [0.5, 0.6) is 0 Å². The summed E-state index contributed by atoms with van der Waals surface area (Å²) in [4.78, 5) is 15.2. The van der Waals surface area contributed by atoms with E-state index in [9.17, 15) is 13.2 Å². The molecule has 0 radical (unpaired) electrons. The summed E-state index contributed by atoms with van der Waals surface area (Å²) in [5.74, 6) is -0.557. The Labute approximate surface area is 123 Å². The molecule has 0 amide bonds. The number of anilines is 1. The lowest BCUT2D eigenvalue weighted by atomic mass is 10.2. The predicted octanol–water partition coefficient (Wildman–Crippen LogP) is 1.93. The van der Waals surface area contributed by atoms with Gasteiger partial charge in [0, 0.05) is 18.0 Å². The largest absolute Gasteiger partial charge is 0.469 e. The molecule has 0 spiro atoms. The van der Waals surface area contributed by atoms with Crippen LogP contribution in [0.1, 0.15) is 12.8 Å². The monoisotopic (exact) mass is 308 g/mol. The second-order valence-corrected chi connectivity index (χ2v) is 6.32. The first kappa shape index (κ1) is 15.2. The summed E-state index contributed by atoms with van der Waals surface area (Å²) >= 11 is 0. The van der Waals surface area contributed by atoms with Gasteiger partial charge in [-0.25, -0.2) is 8.42 Å². The third-order valence-electron chi connectivity index (χ3n) is 2.93. The third-order valence-corrected chi connectivity index (χ3v) is 4.29. The van der Waals surface area contributed by atoms with Gasteiger partial charge in [0.2, 0.25) is 10.0 Å². The van der Waals surface area contributed by atoms with E-state index in [4.69, 9.17) is 0 Å². The highest BCUT2D eigenvalue weighted by Crippen LogP contribution is 2.22. The number of hydrogen-bond donors (Lipinski definition) is 1. The number of fused-ring (bicyclic) bond motifs is 1. The summed E-state index contributed by atoms with van der Waals surface area (Å²) in [7, 11) is -2.24. The number of sulfonamides is 1. The molecule has 1 aromatic carbocycles. The molecule has 21 heavy (non-hydrogen) atoms. The molecule has 112 valence electrons. The molecule has 0 aliphatic carbocycles. The number of methoxy groups -OCH3 is 1. The molecular weight excluding hydrogens is 292 g/mol. The van der Waals surface area contributed by atoms with E-state index in [1.54, 1.807) is 30.5 Å². The standard InChI is InChI=1S/C14H16N2O4S/c1-20-14(17)8-4-10-21(18,19)16-13-7-2-6-12-11(13)5-3-9-15-12/h2-3,5-7,9,16H,4,8,10H2,1H3. The van der Waals surface area contributed by atoms with Crippen molar-refractivity contribution in [2.45, 2.75) is 12.8 Å². The van der Waals surface area contributed by atoms with Crippen LogP contribution in [0.25, 0.3) is 10.9 Å². The summed E-state index contributed by atoms with van der Waals surface area (Å²) in [5, 5.41) is 0.733. The lowest BCUT2D eigenvalue weighted by Gasteiger charge is -2.10. The Morgan fingerprint density at radius 2 is 2.10 bits per heavy atom. The van der Waals surface area contributed by atoms with Crippen molar-refractivity contribution < 1.29 is 17.9 Å². The van der Waals surface area contributed by atoms with Crippen molar-refractivity contribution in [3.63, 3.8) is 0 Å². The summed E-state index contributed by atoms with van der Waals surface area (Å²) in [6.07, 6.45) is 1.94. The van der Waals surface area contributed by atoms with Gasteiger partial charge in [0.05, 0.1) is 24.1 Å². The average Bonchev–Trinajstić information content (AvgIpc) is 2.47. The Kier molecular flexibility index (Phi) is 4.74. The first-order chi connectivity index (χ1) is 10.0. The van der Waals surface area contributed by atoms with Crippen molar-refractivity contribution in [2.24, 2.45) is 0 Å². The van der Waals surface area contributed by atoms with Gasteiger partial charge in [-0.15, -0.1) is 0 Å². The van der Waals surface area contributed by atoms with E-state index in [0.29, 0.717) is 11.2 Å². The molecule has 0 atom stereocenters. The third kappa shape index (κ3) is 4.16. The lowest BCUT2D eigenvalue weighted by Crippen LogP contribution is -2.18. The number of nitrogens with one attached hydrogen (secondary N) is 1. The fourth-order valence-corrected chi connectivity index (χ4v) is 3.06. The number of rotatable bonds is 6. The van der Waals surface area contributed by atoms with E-state index in [1.807, 2.05) is 6.07 Å². The van der Waals surface area contributed by atoms with Crippen molar-refractivity contribution in [3.8, 4) is 0 Å². The van der Waals surface area contributed by atoms with Gasteiger partial charge < -0.3 is 4.74 Å². The number of esters is 1. The number of carbonyl (C=O) groups excluding carboxylic acids is 1. The van der Waals surface area contributed by atoms with Crippen LogP contribution in [0.3, 0.4) is 0 Å². The zero-order valence-electron chi connectivity index (χ0n) is 11.6. The van der Waals surface area contributed by atoms with E-state index < -0.39 is 16.0 Å². The highest BCUT2D eigenvalue weighted by Gasteiger charge is 2.13. The van der Waals surface area contributed by atoms with Crippen LogP contribution in [0.15, 0.2) is 36.5 Å². The molecule has 0 bridgehead atoms. The van der Waals surface area contributed by atoms with Crippen LogP contribution in [0.2, 0.25) is 0 Å². The number of benzene rings is 1. The fourth-order valence-electron chi connectivity index (χ4n) is 1.92. The van der Waals surface area contributed by atoms with Crippen LogP contribution in [-0.4, -0.2) is 32.2 Å². The molecule has 0 fully saturated rings. The molecule has 7 heteroatoms. The minimum Gasteiger partial charge on any atom is -0.469 e. The first-order valence-corrected chi connectivity index (χ1v) is 8.08. The second kappa shape index (κ2) is 6.53. The second-order valence-electron chi connectivity index (χ2n) is 4.48. The van der Waals surface area contributed by atoms with Gasteiger partial charge in [0.15, 0.2) is 0 Å². The highest BCUT2D eigenvalue weighted by atomic mass is 32.2. The summed E-state index contributed by atoms with van der Waals surface area (Å²) in [6, 6.07) is 8.78. The van der Waals surface area contributed by atoms with Gasteiger partial charge in [-0.1, -0.05) is 6.07 Å². The highest BCUT2D eigenvalue weighted by molar-refractivity contribution is 7.92. The Morgan fingerprint density at radius 1 is 1.29 bits per heavy atom. The van der Waals surface area contributed by atoms with Gasteiger partial charge >= 0.3 is 5.97 Å². The normalized spacial score (nSPS) is 11.3. The van der Waals surface area contributed by atoms with E-state index in [-0.39, 0.29) is 18.6 Å². The molecule has 1 heterocycles. The van der Waals surface area contributed by atoms with Crippen LogP contribution in [0.4, 0.5) is 5.69 Å². The maximum atomic E-state index is 12.0. The molecule has 0 saturated carbocycles. The number of nitrogens with zero attached hydrogens (tertiary/aromatic N) is 1. The Hall–Kier alpha value is -2.15. The molecule has 0 aliphatic heterocycles. The van der Waals surface area contributed by atoms with Gasteiger partial charge in [-0.05, 0) is 30.7 Å². The zero-order chi connectivity index (χ0) is 15.3. The molecule has 6 nitrogen and oxygen atoms in total. The lowest BCUT2D eigenvalue weighted by molar-refractivity contribution is -0.140. The van der Waals surface area contributed by atoms with Gasteiger partial charge in [-0.3, -0.25) is 14.5 Å². The Morgan fingerprint density at radius 3 is 2.86 bits per heavy atom. The molecule has 0 unspecified atom stereocenters. The fraction of sp³-hybridized carbons (Fsp3) is 0.286. The maximum absolute atomic E-state index is 12.0. The minimum atomic E-state index is -3.52. The van der Waals surface area contributed by atoms with Crippen molar-refractivity contribution in [1.82, 2.24) is 4.98 Å². The Balaban J connectivity index is 2.10. The smallest absolute Gasteiger partial charge is 0.305 e. The van der Waals surface area contributed by atoms with Gasteiger partial charge in [-0.2, -0.15) is 0 Å². The molecule has 2 rings (SSSR count). The number of aromatic nitrogens is 1. The number of carbonyl (C=O) groups is 1. The quantitative estimate of drug-likeness (QED) is 0.824. The predicted molar refractivity (Wildman–Crippen MR) is 80.4 cm³/mol. The van der Waals surface area contributed by atoms with E-state index in [0.717, 1.165) is 5.39 Å². The SMILES string of the molecule is COC(=O)CCCS(=O)(=O)Nc1cccc2ncccc12. The van der Waals surface area contributed by atoms with Crippen LogP contribution in [-0.2, 0) is 19.6 Å². The summed E-state index contributed by atoms with van der Waals surface area (Å²) in [5.41, 5.74) is 1.20. The number of ether oxygens (including phenoxy) is 1. The van der Waals surface area contributed by atoms with E-state index >= 15 is 0 Å². The van der Waals surface area contributed by atoms with Crippen LogP contribution < -0.4 is 4.72 Å². The van der Waals surface area contributed by atoms with Crippen molar-refractivity contribution >= 4 is 32.6 Å². The van der Waals surface area contributed by atoms with Crippen LogP contribution in [0, 0.1) is 0 Å². The average molecular weight is 308 g/mol. The molecular formula is C14H16N2O4S. The Bertz CT molecular complexity index is 738. The molecule has 0 saturated heterocycles.